The zero-order chi connectivity index (χ0) is 11.3. The number of aryl methyl sites for hydroxylation is 1. The zero-order valence-corrected chi connectivity index (χ0v) is 9.34. The summed E-state index contributed by atoms with van der Waals surface area (Å²) in [6.45, 7) is 2.14. The van der Waals surface area contributed by atoms with Crippen LogP contribution in [0.25, 0.3) is 0 Å². The van der Waals surface area contributed by atoms with Crippen LogP contribution in [0, 0.1) is 6.92 Å². The Morgan fingerprint density at radius 1 is 1.60 bits per heavy atom. The number of anilines is 1. The molecular formula is C9H12ClN3O2. The number of methoxy groups -OCH3 is 1. The van der Waals surface area contributed by atoms with E-state index in [-0.39, 0.29) is 18.3 Å². The molecule has 6 heteroatoms. The SMILES string of the molecule is COCCC(=O)Nc1nc(C)cc(Cl)n1. The molecule has 1 aromatic heterocycles. The third-order valence-electron chi connectivity index (χ3n) is 1.61. The Labute approximate surface area is 92.8 Å². The lowest BCUT2D eigenvalue weighted by Gasteiger charge is -2.04. The first-order valence-electron chi connectivity index (χ1n) is 4.42. The number of nitrogens with one attached hydrogen (secondary N) is 1. The molecule has 0 fully saturated rings. The molecule has 0 aromatic carbocycles. The van der Waals surface area contributed by atoms with Crippen LogP contribution in [0.1, 0.15) is 12.1 Å². The molecule has 82 valence electrons. The predicted octanol–water partition coefficient (Wildman–Crippen LogP) is 1.41. The topological polar surface area (TPSA) is 64.1 Å². The van der Waals surface area contributed by atoms with Gasteiger partial charge in [-0.1, -0.05) is 11.6 Å². The Morgan fingerprint density at radius 2 is 2.33 bits per heavy atom. The van der Waals surface area contributed by atoms with E-state index >= 15 is 0 Å². The highest BCUT2D eigenvalue weighted by Crippen LogP contribution is 2.09. The van der Waals surface area contributed by atoms with Crippen LogP contribution in [0.2, 0.25) is 5.15 Å². The fraction of sp³-hybridized carbons (Fsp3) is 0.444. The van der Waals surface area contributed by atoms with Crippen LogP contribution in [-0.4, -0.2) is 29.6 Å². The maximum Gasteiger partial charge on any atom is 0.231 e. The maximum absolute atomic E-state index is 11.3. The molecule has 0 bridgehead atoms. The van der Waals surface area contributed by atoms with Crippen molar-refractivity contribution in [2.45, 2.75) is 13.3 Å². The number of carbonyl (C=O) groups is 1. The molecule has 1 N–H and O–H groups in total. The molecule has 0 radical (unpaired) electrons. The third-order valence-corrected chi connectivity index (χ3v) is 1.80. The van der Waals surface area contributed by atoms with E-state index < -0.39 is 0 Å². The van der Waals surface area contributed by atoms with E-state index in [4.69, 9.17) is 16.3 Å². The van der Waals surface area contributed by atoms with Gasteiger partial charge in [0.05, 0.1) is 13.0 Å². The fourth-order valence-electron chi connectivity index (χ4n) is 0.968. The molecule has 0 saturated heterocycles. The summed E-state index contributed by atoms with van der Waals surface area (Å²) in [5, 5.41) is 2.84. The summed E-state index contributed by atoms with van der Waals surface area (Å²) in [6.07, 6.45) is 0.269. The highest BCUT2D eigenvalue weighted by molar-refractivity contribution is 6.29. The highest BCUT2D eigenvalue weighted by atomic mass is 35.5. The number of hydrogen-bond donors (Lipinski definition) is 1. The van der Waals surface area contributed by atoms with Gasteiger partial charge >= 0.3 is 0 Å². The van der Waals surface area contributed by atoms with E-state index in [1.807, 2.05) is 0 Å². The van der Waals surface area contributed by atoms with Crippen LogP contribution in [0.4, 0.5) is 5.95 Å². The van der Waals surface area contributed by atoms with Gasteiger partial charge in [0.25, 0.3) is 0 Å². The van der Waals surface area contributed by atoms with E-state index in [1.165, 1.54) is 7.11 Å². The number of hydrogen-bond acceptors (Lipinski definition) is 4. The minimum absolute atomic E-state index is 0.196. The molecule has 1 rings (SSSR count). The minimum Gasteiger partial charge on any atom is -0.384 e. The molecule has 0 spiro atoms. The van der Waals surface area contributed by atoms with E-state index in [0.29, 0.717) is 17.5 Å². The first-order valence-corrected chi connectivity index (χ1v) is 4.79. The second kappa shape index (κ2) is 5.63. The van der Waals surface area contributed by atoms with Gasteiger partial charge in [-0.15, -0.1) is 0 Å². The second-order valence-corrected chi connectivity index (χ2v) is 3.33. The molecule has 0 unspecified atom stereocenters. The Bertz CT molecular complexity index is 337. The molecule has 0 saturated carbocycles. The van der Waals surface area contributed by atoms with Crippen molar-refractivity contribution >= 4 is 23.5 Å². The Balaban J connectivity index is 2.60. The summed E-state index contributed by atoms with van der Waals surface area (Å²) in [4.78, 5) is 19.2. The predicted molar refractivity (Wildman–Crippen MR) is 56.9 cm³/mol. The number of rotatable bonds is 4. The molecule has 1 amide bonds. The Hall–Kier alpha value is -1.20. The van der Waals surface area contributed by atoms with E-state index in [2.05, 4.69) is 15.3 Å². The molecule has 1 aromatic rings. The molecule has 0 atom stereocenters. The minimum atomic E-state index is -0.196. The molecule has 1 heterocycles. The van der Waals surface area contributed by atoms with Gasteiger partial charge in [0.1, 0.15) is 5.15 Å². The van der Waals surface area contributed by atoms with Gasteiger partial charge in [0, 0.05) is 12.8 Å². The summed E-state index contributed by atoms with van der Waals surface area (Å²) >= 11 is 5.71. The summed E-state index contributed by atoms with van der Waals surface area (Å²) in [7, 11) is 1.54. The molecular weight excluding hydrogens is 218 g/mol. The smallest absolute Gasteiger partial charge is 0.231 e. The quantitative estimate of drug-likeness (QED) is 0.793. The van der Waals surface area contributed by atoms with E-state index in [9.17, 15) is 4.79 Å². The van der Waals surface area contributed by atoms with Gasteiger partial charge in [0.2, 0.25) is 11.9 Å². The average Bonchev–Trinajstić information content (AvgIpc) is 2.13. The van der Waals surface area contributed by atoms with Crippen LogP contribution in [0.3, 0.4) is 0 Å². The lowest BCUT2D eigenvalue weighted by molar-refractivity contribution is -0.117. The molecule has 0 aliphatic heterocycles. The third kappa shape index (κ3) is 4.22. The number of carbonyl (C=O) groups excluding carboxylic acids is 1. The number of aromatic nitrogens is 2. The van der Waals surface area contributed by atoms with E-state index in [0.717, 1.165) is 0 Å². The lowest BCUT2D eigenvalue weighted by atomic mass is 10.4. The number of ether oxygens (including phenoxy) is 1. The number of amides is 1. The molecule has 15 heavy (non-hydrogen) atoms. The van der Waals surface area contributed by atoms with Crippen molar-refractivity contribution in [2.24, 2.45) is 0 Å². The van der Waals surface area contributed by atoms with Crippen LogP contribution in [0.5, 0.6) is 0 Å². The van der Waals surface area contributed by atoms with Gasteiger partial charge in [-0.2, -0.15) is 0 Å². The summed E-state index contributed by atoms with van der Waals surface area (Å²) in [6, 6.07) is 1.62. The van der Waals surface area contributed by atoms with Gasteiger partial charge in [-0.05, 0) is 13.0 Å². The average molecular weight is 230 g/mol. The zero-order valence-electron chi connectivity index (χ0n) is 8.58. The first kappa shape index (κ1) is 11.9. The first-order chi connectivity index (χ1) is 7.11. The van der Waals surface area contributed by atoms with Crippen LogP contribution in [-0.2, 0) is 9.53 Å². The van der Waals surface area contributed by atoms with Crippen molar-refractivity contribution < 1.29 is 9.53 Å². The van der Waals surface area contributed by atoms with Gasteiger partial charge in [-0.3, -0.25) is 10.1 Å². The standard InChI is InChI=1S/C9H12ClN3O2/c1-6-5-7(10)12-9(11-6)13-8(14)3-4-15-2/h5H,3-4H2,1-2H3,(H,11,12,13,14). The van der Waals surface area contributed by atoms with Gasteiger partial charge < -0.3 is 4.74 Å². The van der Waals surface area contributed by atoms with Crippen LogP contribution in [0.15, 0.2) is 6.07 Å². The molecule has 5 nitrogen and oxygen atoms in total. The monoisotopic (exact) mass is 229 g/mol. The van der Waals surface area contributed by atoms with E-state index in [1.54, 1.807) is 13.0 Å². The van der Waals surface area contributed by atoms with Crippen molar-refractivity contribution in [1.29, 1.82) is 0 Å². The molecule has 0 aliphatic rings. The number of nitrogens with zero attached hydrogens (tertiary/aromatic N) is 2. The van der Waals surface area contributed by atoms with Gasteiger partial charge in [-0.25, -0.2) is 9.97 Å². The Morgan fingerprint density at radius 3 is 2.93 bits per heavy atom. The van der Waals surface area contributed by atoms with Gasteiger partial charge in [0.15, 0.2) is 0 Å². The normalized spacial score (nSPS) is 10.1. The fourth-order valence-corrected chi connectivity index (χ4v) is 1.21. The molecule has 0 aliphatic carbocycles. The maximum atomic E-state index is 11.3. The van der Waals surface area contributed by atoms with Crippen molar-refractivity contribution in [3.05, 3.63) is 16.9 Å². The van der Waals surface area contributed by atoms with Crippen molar-refractivity contribution in [3.8, 4) is 0 Å². The number of halogens is 1. The summed E-state index contributed by atoms with van der Waals surface area (Å²) < 4.78 is 4.77. The van der Waals surface area contributed by atoms with Crippen molar-refractivity contribution in [3.63, 3.8) is 0 Å². The van der Waals surface area contributed by atoms with Crippen molar-refractivity contribution in [1.82, 2.24) is 9.97 Å². The second-order valence-electron chi connectivity index (χ2n) is 2.95. The summed E-state index contributed by atoms with van der Waals surface area (Å²) in [5.41, 5.74) is 0.706. The van der Waals surface area contributed by atoms with Crippen LogP contribution >= 0.6 is 11.6 Å². The van der Waals surface area contributed by atoms with Crippen LogP contribution < -0.4 is 5.32 Å². The largest absolute Gasteiger partial charge is 0.384 e. The van der Waals surface area contributed by atoms with Crippen molar-refractivity contribution in [2.75, 3.05) is 19.0 Å². The summed E-state index contributed by atoms with van der Waals surface area (Å²) in [5.74, 6) is 0.0274. The lowest BCUT2D eigenvalue weighted by Crippen LogP contribution is -2.15. The highest BCUT2D eigenvalue weighted by Gasteiger charge is 2.05. The Kier molecular flexibility index (Phi) is 4.45.